The maximum absolute atomic E-state index is 15.0. The van der Waals surface area contributed by atoms with E-state index in [0.29, 0.717) is 24.9 Å². The van der Waals surface area contributed by atoms with Gasteiger partial charge in [-0.1, -0.05) is 158 Å². The third kappa shape index (κ3) is 17.0. The lowest BCUT2D eigenvalue weighted by molar-refractivity contribution is -0.144. The van der Waals surface area contributed by atoms with Crippen LogP contribution < -0.4 is 43.0 Å². The highest BCUT2D eigenvalue weighted by atomic mass is 32.2. The third-order valence-electron chi connectivity index (χ3n) is 20.6. The number of sulfonamides is 2. The van der Waals surface area contributed by atoms with Crippen LogP contribution in [0, 0.1) is 0 Å². The Kier molecular flexibility index (Phi) is 23.6. The Labute approximate surface area is 582 Å². The van der Waals surface area contributed by atoms with Crippen molar-refractivity contribution in [3.8, 4) is 0 Å². The number of carbonyl (C=O) groups excluding carboxylic acids is 6. The maximum Gasteiger partial charge on any atom is 0.247 e. The Balaban J connectivity index is 0.000000502. The molecule has 6 fully saturated rings. The normalized spacial score (nSPS) is 25.1. The first-order valence-corrected chi connectivity index (χ1v) is 37.7. The molecule has 22 nitrogen and oxygen atoms in total. The standard InChI is InChI=1S/C60H72N10O10S2.C15H22N2/c1-39(61-3)55(71)63-49-37-67(34-32-45-28-30-51(69(45)59(49)75)57(73)65-53(41-18-9-5-10-19-41)42-20-11-6-12-21-42)81(77,78)47-26-17-27-48(36-47)82(79,80)68-35-33-46-29-31-52(70(46)60(76)50(38-68)64-56(72)40(2)62-4)58(74)66-54(43-22-13-7-14-23-43)44-24-15-8-16-25-44;16-12-6-8-13(9-7-12)17-15-10-14(15)11-4-2-1-3-5-11/h5-27,36,39-40,45-46,49-54,61-62H,28-35,37-38H2,1-4H3,(H,63,71)(H,64,72)(H,65,73)(H,66,74);1-5,12-15,17H,6-10,16H2. The topological polar surface area (TPSA) is 294 Å². The molecule has 0 aromatic heterocycles. The zero-order valence-electron chi connectivity index (χ0n) is 56.7. The van der Waals surface area contributed by atoms with Crippen LogP contribution in [0.15, 0.2) is 186 Å². The van der Waals surface area contributed by atoms with Crippen LogP contribution in [-0.4, -0.2) is 177 Å². The number of hydrogen-bond acceptors (Lipinski definition) is 14. The second-order valence-electron chi connectivity index (χ2n) is 27.1. The van der Waals surface area contributed by atoms with Crippen molar-refractivity contribution in [2.24, 2.45) is 5.73 Å². The molecule has 99 heavy (non-hydrogen) atoms. The monoisotopic (exact) mass is 1390 g/mol. The molecule has 4 heterocycles. The average molecular weight is 1390 g/mol. The van der Waals surface area contributed by atoms with E-state index in [1.54, 1.807) is 27.9 Å². The second kappa shape index (κ2) is 32.4. The van der Waals surface area contributed by atoms with E-state index in [0.717, 1.165) is 48.9 Å². The van der Waals surface area contributed by atoms with Crippen LogP contribution in [-0.2, 0) is 48.8 Å². The number of nitrogens with zero attached hydrogens (tertiary/aromatic N) is 4. The highest BCUT2D eigenvalue weighted by Gasteiger charge is 2.50. The number of benzene rings is 6. The van der Waals surface area contributed by atoms with Crippen LogP contribution >= 0.6 is 0 Å². The number of carbonyl (C=O) groups is 6. The van der Waals surface area contributed by atoms with E-state index in [1.807, 2.05) is 121 Å². The highest BCUT2D eigenvalue weighted by Crippen LogP contribution is 2.42. The average Bonchev–Trinajstić information content (AvgIpc) is 1.76. The van der Waals surface area contributed by atoms with Crippen molar-refractivity contribution >= 4 is 55.5 Å². The van der Waals surface area contributed by atoms with Gasteiger partial charge >= 0.3 is 0 Å². The minimum atomic E-state index is -4.63. The van der Waals surface area contributed by atoms with Crippen LogP contribution in [0.25, 0.3) is 0 Å². The quantitative estimate of drug-likeness (QED) is 0.0436. The molecule has 6 aromatic carbocycles. The summed E-state index contributed by atoms with van der Waals surface area (Å²) in [4.78, 5) is 88.2. The zero-order valence-corrected chi connectivity index (χ0v) is 58.3. The SMILES string of the molecule is CNC(C)C(=O)NC1CN(S(=O)(=O)c2cccc(S(=O)(=O)N3CCC4CCC(C(=O)NC(c5ccccc5)c5ccccc5)N4C(=O)C(NC(=O)C(C)NC)C3)c2)CCC2CCC(C(=O)NC(c3ccccc3)c3ccccc3)N2C1=O.NC1CCC(NC2CC2c2ccccc2)CC1. The Morgan fingerprint density at radius 2 is 0.848 bits per heavy atom. The highest BCUT2D eigenvalue weighted by molar-refractivity contribution is 7.90. The van der Waals surface area contributed by atoms with Crippen LogP contribution in [0.4, 0.5) is 0 Å². The molecule has 24 heteroatoms. The predicted octanol–water partition coefficient (Wildman–Crippen LogP) is 5.59. The van der Waals surface area contributed by atoms with E-state index in [4.69, 9.17) is 5.73 Å². The molecule has 10 atom stereocenters. The lowest BCUT2D eigenvalue weighted by Gasteiger charge is -2.39. The van der Waals surface area contributed by atoms with Crippen LogP contribution in [0.1, 0.15) is 130 Å². The molecule has 6 amide bonds. The van der Waals surface area contributed by atoms with Crippen molar-refractivity contribution in [2.45, 2.75) is 179 Å². The fraction of sp³-hybridized carbons (Fsp3) is 0.440. The lowest BCUT2D eigenvalue weighted by atomic mass is 9.92. The molecular formula is C75H94N12O10S2. The number of amides is 6. The van der Waals surface area contributed by atoms with Gasteiger partial charge in [0.05, 0.1) is 34.0 Å². The van der Waals surface area contributed by atoms with Gasteiger partial charge in [-0.25, -0.2) is 16.8 Å². The molecule has 4 saturated heterocycles. The van der Waals surface area contributed by atoms with E-state index < -0.39 is 139 Å². The van der Waals surface area contributed by atoms with Crippen molar-refractivity contribution in [1.82, 2.24) is 55.6 Å². The molecule has 10 unspecified atom stereocenters. The molecule has 0 radical (unpaired) electrons. The summed E-state index contributed by atoms with van der Waals surface area (Å²) < 4.78 is 62.2. The summed E-state index contributed by atoms with van der Waals surface area (Å²) in [5.41, 5.74) is 10.8. The summed E-state index contributed by atoms with van der Waals surface area (Å²) in [6.07, 6.45) is 7.77. The van der Waals surface area contributed by atoms with Gasteiger partial charge in [0.1, 0.15) is 24.2 Å². The molecule has 6 aromatic rings. The first-order valence-electron chi connectivity index (χ1n) is 34.8. The van der Waals surface area contributed by atoms with Gasteiger partial charge in [0.15, 0.2) is 0 Å². The number of fused-ring (bicyclic) bond motifs is 2. The summed E-state index contributed by atoms with van der Waals surface area (Å²) >= 11 is 0. The Bertz CT molecular complexity index is 3700. The van der Waals surface area contributed by atoms with E-state index in [1.165, 1.54) is 65.7 Å². The molecule has 9 N–H and O–H groups in total. The van der Waals surface area contributed by atoms with Crippen LogP contribution in [0.2, 0.25) is 0 Å². The van der Waals surface area contributed by atoms with Crippen molar-refractivity contribution in [3.05, 3.63) is 204 Å². The van der Waals surface area contributed by atoms with Gasteiger partial charge in [-0.05, 0) is 145 Å². The fourth-order valence-electron chi connectivity index (χ4n) is 14.6. The second-order valence-corrected chi connectivity index (χ2v) is 30.9. The van der Waals surface area contributed by atoms with Gasteiger partial charge in [0, 0.05) is 62.3 Å². The number of nitrogens with two attached hydrogens (primary N) is 1. The minimum Gasteiger partial charge on any atom is -0.343 e. The summed E-state index contributed by atoms with van der Waals surface area (Å²) in [5.74, 6) is -2.50. The summed E-state index contributed by atoms with van der Waals surface area (Å²) in [7, 11) is -6.13. The number of hydrogen-bond donors (Lipinski definition) is 8. The van der Waals surface area contributed by atoms with Crippen LogP contribution in [0.3, 0.4) is 0 Å². The van der Waals surface area contributed by atoms with Crippen molar-refractivity contribution in [3.63, 3.8) is 0 Å². The van der Waals surface area contributed by atoms with E-state index >= 15 is 16.8 Å². The molecule has 4 aliphatic heterocycles. The molecule has 0 bridgehead atoms. The fourth-order valence-corrected chi connectivity index (χ4v) is 17.7. The van der Waals surface area contributed by atoms with Crippen LogP contribution in [0.5, 0.6) is 0 Å². The third-order valence-corrected chi connectivity index (χ3v) is 24.3. The predicted molar refractivity (Wildman–Crippen MR) is 378 cm³/mol. The van der Waals surface area contributed by atoms with Gasteiger partial charge in [0.25, 0.3) is 0 Å². The largest absolute Gasteiger partial charge is 0.343 e. The Morgan fingerprint density at radius 3 is 1.22 bits per heavy atom. The molecule has 0 spiro atoms. The maximum atomic E-state index is 15.0. The van der Waals surface area contributed by atoms with Crippen molar-refractivity contribution < 1.29 is 45.6 Å². The van der Waals surface area contributed by atoms with E-state index in [2.05, 4.69) is 67.5 Å². The van der Waals surface area contributed by atoms with E-state index in [-0.39, 0.29) is 38.8 Å². The molecular weight excluding hydrogens is 1290 g/mol. The minimum absolute atomic E-state index is 0.129. The molecule has 2 saturated carbocycles. The lowest BCUT2D eigenvalue weighted by Crippen LogP contribution is -2.62. The van der Waals surface area contributed by atoms with Gasteiger partial charge in [-0.2, -0.15) is 8.61 Å². The van der Waals surface area contributed by atoms with Gasteiger partial charge in [-0.3, -0.25) is 28.8 Å². The molecule has 6 aliphatic rings. The van der Waals surface area contributed by atoms with Gasteiger partial charge in [-0.15, -0.1) is 0 Å². The number of rotatable bonds is 21. The summed E-state index contributed by atoms with van der Waals surface area (Å²) in [6.45, 7) is 1.80. The van der Waals surface area contributed by atoms with Crippen molar-refractivity contribution in [1.29, 1.82) is 0 Å². The first-order chi connectivity index (χ1) is 47.7. The smallest absolute Gasteiger partial charge is 0.247 e. The zero-order chi connectivity index (χ0) is 70.0. The molecule has 12 rings (SSSR count). The summed E-state index contributed by atoms with van der Waals surface area (Å²) in [6, 6.07) is 46.8. The molecule has 2 aliphatic carbocycles. The summed E-state index contributed by atoms with van der Waals surface area (Å²) in [5, 5.41) is 21.4. The Hall–Kier alpha value is -8.20. The Morgan fingerprint density at radius 1 is 0.475 bits per heavy atom. The molecule has 526 valence electrons. The van der Waals surface area contributed by atoms with Crippen molar-refractivity contribution in [2.75, 3.05) is 40.3 Å². The first kappa shape index (κ1) is 72.1. The van der Waals surface area contributed by atoms with E-state index in [9.17, 15) is 28.8 Å². The van der Waals surface area contributed by atoms with Gasteiger partial charge < -0.3 is 52.8 Å². The van der Waals surface area contributed by atoms with Gasteiger partial charge in [0.2, 0.25) is 55.5 Å². The number of likely N-dealkylation sites (N-methyl/N-ethyl adjacent to an activating group) is 2. The number of nitrogens with one attached hydrogen (secondary N) is 7.